The van der Waals surface area contributed by atoms with E-state index in [0.29, 0.717) is 18.0 Å². The van der Waals surface area contributed by atoms with E-state index in [1.807, 2.05) is 0 Å². The van der Waals surface area contributed by atoms with Crippen molar-refractivity contribution in [2.75, 3.05) is 13.1 Å². The molecule has 1 aliphatic rings. The number of benzene rings is 1. The third kappa shape index (κ3) is 2.70. The summed E-state index contributed by atoms with van der Waals surface area (Å²) >= 11 is 0. The van der Waals surface area contributed by atoms with E-state index in [2.05, 4.69) is 49.9 Å². The Kier molecular flexibility index (Phi) is 3.85. The molecular weight excluding hydrogens is 208 g/mol. The largest absolute Gasteiger partial charge is 0.326 e. The Labute approximate surface area is 105 Å². The summed E-state index contributed by atoms with van der Waals surface area (Å²) in [5, 5.41) is 0. The van der Waals surface area contributed by atoms with Crippen molar-refractivity contribution < 1.29 is 0 Å². The van der Waals surface area contributed by atoms with Crippen LogP contribution in [0.4, 0.5) is 0 Å². The molecule has 1 fully saturated rings. The SMILES string of the molecule is Cc1ccccc1C(C)N1CCC(C)C(N)C1. The highest BCUT2D eigenvalue weighted by atomic mass is 15.2. The number of rotatable bonds is 2. The van der Waals surface area contributed by atoms with Crippen LogP contribution in [0, 0.1) is 12.8 Å². The van der Waals surface area contributed by atoms with Crippen LogP contribution < -0.4 is 5.73 Å². The lowest BCUT2D eigenvalue weighted by molar-refractivity contribution is 0.128. The molecule has 3 atom stereocenters. The van der Waals surface area contributed by atoms with Crippen LogP contribution in [0.25, 0.3) is 0 Å². The Morgan fingerprint density at radius 3 is 2.71 bits per heavy atom. The van der Waals surface area contributed by atoms with Gasteiger partial charge in [0.25, 0.3) is 0 Å². The molecule has 1 aromatic carbocycles. The highest BCUT2D eigenvalue weighted by Gasteiger charge is 2.27. The van der Waals surface area contributed by atoms with Crippen LogP contribution in [0.5, 0.6) is 0 Å². The molecule has 1 heterocycles. The molecule has 1 saturated heterocycles. The quantitative estimate of drug-likeness (QED) is 0.849. The monoisotopic (exact) mass is 232 g/mol. The van der Waals surface area contributed by atoms with Crippen LogP contribution in [-0.4, -0.2) is 24.0 Å². The lowest BCUT2D eigenvalue weighted by Gasteiger charge is -2.39. The van der Waals surface area contributed by atoms with Gasteiger partial charge in [-0.3, -0.25) is 4.90 Å². The molecule has 1 aliphatic heterocycles. The number of hydrogen-bond acceptors (Lipinski definition) is 2. The Balaban J connectivity index is 2.10. The van der Waals surface area contributed by atoms with Gasteiger partial charge in [-0.05, 0) is 43.9 Å². The molecule has 0 aromatic heterocycles. The molecule has 0 radical (unpaired) electrons. The van der Waals surface area contributed by atoms with Crippen molar-refractivity contribution in [2.24, 2.45) is 11.7 Å². The van der Waals surface area contributed by atoms with Crippen molar-refractivity contribution in [3.63, 3.8) is 0 Å². The number of nitrogens with two attached hydrogens (primary N) is 1. The molecule has 0 spiro atoms. The fraction of sp³-hybridized carbons (Fsp3) is 0.600. The van der Waals surface area contributed by atoms with Gasteiger partial charge in [-0.15, -0.1) is 0 Å². The standard InChI is InChI=1S/C15H24N2/c1-11-6-4-5-7-14(11)13(3)17-9-8-12(2)15(16)10-17/h4-7,12-13,15H,8-10,16H2,1-3H3. The topological polar surface area (TPSA) is 29.3 Å². The summed E-state index contributed by atoms with van der Waals surface area (Å²) in [6, 6.07) is 9.48. The highest BCUT2D eigenvalue weighted by molar-refractivity contribution is 5.28. The lowest BCUT2D eigenvalue weighted by atomic mass is 9.91. The first-order valence-corrected chi connectivity index (χ1v) is 6.64. The van der Waals surface area contributed by atoms with E-state index in [0.717, 1.165) is 6.54 Å². The van der Waals surface area contributed by atoms with Crippen LogP contribution in [-0.2, 0) is 0 Å². The molecule has 2 rings (SSSR count). The van der Waals surface area contributed by atoms with Crippen LogP contribution in [0.15, 0.2) is 24.3 Å². The smallest absolute Gasteiger partial charge is 0.0323 e. The molecule has 0 bridgehead atoms. The second-order valence-electron chi connectivity index (χ2n) is 5.46. The number of aryl methyl sites for hydroxylation is 1. The van der Waals surface area contributed by atoms with Gasteiger partial charge in [0, 0.05) is 18.6 Å². The van der Waals surface area contributed by atoms with Crippen molar-refractivity contribution in [2.45, 2.75) is 39.3 Å². The van der Waals surface area contributed by atoms with E-state index < -0.39 is 0 Å². The van der Waals surface area contributed by atoms with Gasteiger partial charge in [-0.1, -0.05) is 31.2 Å². The summed E-state index contributed by atoms with van der Waals surface area (Å²) in [5.74, 6) is 0.662. The second kappa shape index (κ2) is 5.19. The Hall–Kier alpha value is -0.860. The molecular formula is C15H24N2. The van der Waals surface area contributed by atoms with Crippen LogP contribution in [0.2, 0.25) is 0 Å². The van der Waals surface area contributed by atoms with E-state index in [-0.39, 0.29) is 0 Å². The predicted molar refractivity (Wildman–Crippen MR) is 72.9 cm³/mol. The molecule has 0 saturated carbocycles. The average Bonchev–Trinajstić information content (AvgIpc) is 2.32. The maximum atomic E-state index is 6.18. The minimum Gasteiger partial charge on any atom is -0.326 e. The van der Waals surface area contributed by atoms with Gasteiger partial charge >= 0.3 is 0 Å². The average molecular weight is 232 g/mol. The van der Waals surface area contributed by atoms with Crippen LogP contribution in [0.1, 0.15) is 37.4 Å². The first kappa shape index (κ1) is 12.6. The van der Waals surface area contributed by atoms with Gasteiger partial charge in [-0.2, -0.15) is 0 Å². The van der Waals surface area contributed by atoms with Gasteiger partial charge in [0.1, 0.15) is 0 Å². The van der Waals surface area contributed by atoms with E-state index >= 15 is 0 Å². The van der Waals surface area contributed by atoms with Gasteiger partial charge in [0.2, 0.25) is 0 Å². The Bertz CT molecular complexity index is 375. The molecule has 2 N–H and O–H groups in total. The fourth-order valence-corrected chi connectivity index (χ4v) is 2.73. The summed E-state index contributed by atoms with van der Waals surface area (Å²) in [6.45, 7) is 8.95. The van der Waals surface area contributed by atoms with Gasteiger partial charge in [0.15, 0.2) is 0 Å². The molecule has 94 valence electrons. The molecule has 2 nitrogen and oxygen atoms in total. The second-order valence-corrected chi connectivity index (χ2v) is 5.46. The third-order valence-corrected chi connectivity index (χ3v) is 4.23. The summed E-state index contributed by atoms with van der Waals surface area (Å²) in [7, 11) is 0. The van der Waals surface area contributed by atoms with Gasteiger partial charge in [-0.25, -0.2) is 0 Å². The highest BCUT2D eigenvalue weighted by Crippen LogP contribution is 2.27. The normalized spacial score (nSPS) is 28.0. The number of likely N-dealkylation sites (tertiary alicyclic amines) is 1. The zero-order chi connectivity index (χ0) is 12.4. The maximum Gasteiger partial charge on any atom is 0.0323 e. The first-order chi connectivity index (χ1) is 8.09. The zero-order valence-electron chi connectivity index (χ0n) is 11.2. The minimum atomic E-state index is 0.329. The summed E-state index contributed by atoms with van der Waals surface area (Å²) in [6.07, 6.45) is 1.22. The summed E-state index contributed by atoms with van der Waals surface area (Å²) < 4.78 is 0. The van der Waals surface area contributed by atoms with E-state index in [9.17, 15) is 0 Å². The third-order valence-electron chi connectivity index (χ3n) is 4.23. The number of nitrogens with zero attached hydrogens (tertiary/aromatic N) is 1. The molecule has 17 heavy (non-hydrogen) atoms. The minimum absolute atomic E-state index is 0.329. The molecule has 0 aliphatic carbocycles. The van der Waals surface area contributed by atoms with Gasteiger partial charge in [0.05, 0.1) is 0 Å². The number of piperidine rings is 1. The summed E-state index contributed by atoms with van der Waals surface area (Å²) in [5.41, 5.74) is 9.00. The first-order valence-electron chi connectivity index (χ1n) is 6.64. The van der Waals surface area contributed by atoms with E-state index in [4.69, 9.17) is 5.73 Å². The lowest BCUT2D eigenvalue weighted by Crippen LogP contribution is -2.48. The van der Waals surface area contributed by atoms with Crippen molar-refractivity contribution in [1.82, 2.24) is 4.90 Å². The molecule has 1 aromatic rings. The number of hydrogen-bond donors (Lipinski definition) is 1. The van der Waals surface area contributed by atoms with Crippen molar-refractivity contribution in [3.8, 4) is 0 Å². The maximum absolute atomic E-state index is 6.18. The predicted octanol–water partition coefficient (Wildman–Crippen LogP) is 2.73. The Morgan fingerprint density at radius 2 is 2.06 bits per heavy atom. The zero-order valence-corrected chi connectivity index (χ0v) is 11.2. The molecule has 2 heteroatoms. The fourth-order valence-electron chi connectivity index (χ4n) is 2.73. The van der Waals surface area contributed by atoms with Crippen LogP contribution in [0.3, 0.4) is 0 Å². The molecule has 0 amide bonds. The van der Waals surface area contributed by atoms with Crippen LogP contribution >= 0.6 is 0 Å². The van der Waals surface area contributed by atoms with Gasteiger partial charge < -0.3 is 5.73 Å². The van der Waals surface area contributed by atoms with Crippen molar-refractivity contribution >= 4 is 0 Å². The summed E-state index contributed by atoms with van der Waals surface area (Å²) in [4.78, 5) is 2.52. The molecule has 3 unspecified atom stereocenters. The van der Waals surface area contributed by atoms with E-state index in [1.165, 1.54) is 24.1 Å². The Morgan fingerprint density at radius 1 is 1.35 bits per heavy atom. The van der Waals surface area contributed by atoms with Crippen molar-refractivity contribution in [1.29, 1.82) is 0 Å². The van der Waals surface area contributed by atoms with E-state index in [1.54, 1.807) is 0 Å². The van der Waals surface area contributed by atoms with Crippen molar-refractivity contribution in [3.05, 3.63) is 35.4 Å².